The molecule has 2 N–H and O–H groups in total. The summed E-state index contributed by atoms with van der Waals surface area (Å²) >= 11 is 0. The van der Waals surface area contributed by atoms with Gasteiger partial charge in [-0.2, -0.15) is 5.10 Å². The number of nitrogens with one attached hydrogen (secondary N) is 2. The first-order valence-electron chi connectivity index (χ1n) is 7.94. The van der Waals surface area contributed by atoms with E-state index in [4.69, 9.17) is 0 Å². The van der Waals surface area contributed by atoms with Crippen molar-refractivity contribution >= 4 is 11.8 Å². The van der Waals surface area contributed by atoms with Crippen molar-refractivity contribution in [3.05, 3.63) is 47.7 Å². The summed E-state index contributed by atoms with van der Waals surface area (Å²) in [6, 6.07) is 12.3. The highest BCUT2D eigenvalue weighted by atomic mass is 16.2. The molecule has 0 bridgehead atoms. The number of anilines is 1. The van der Waals surface area contributed by atoms with Crippen molar-refractivity contribution < 1.29 is 4.79 Å². The van der Waals surface area contributed by atoms with Crippen LogP contribution in [-0.2, 0) is 13.6 Å². The van der Waals surface area contributed by atoms with Crippen LogP contribution in [0.4, 0.5) is 10.6 Å². The second kappa shape index (κ2) is 6.83. The maximum Gasteiger partial charge on any atom is 0.320 e. The Hall–Kier alpha value is -2.34. The van der Waals surface area contributed by atoms with E-state index in [1.54, 1.807) is 4.68 Å². The Morgan fingerprint density at radius 2 is 2.13 bits per heavy atom. The average molecular weight is 313 g/mol. The van der Waals surface area contributed by atoms with Gasteiger partial charge in [0.25, 0.3) is 0 Å². The van der Waals surface area contributed by atoms with Crippen LogP contribution in [0.2, 0.25) is 0 Å². The monoisotopic (exact) mass is 313 g/mol. The van der Waals surface area contributed by atoms with Crippen molar-refractivity contribution in [2.45, 2.75) is 25.9 Å². The lowest BCUT2D eigenvalue weighted by Gasteiger charge is -2.17. The highest BCUT2D eigenvalue weighted by molar-refractivity contribution is 5.88. The Morgan fingerprint density at radius 1 is 1.35 bits per heavy atom. The van der Waals surface area contributed by atoms with E-state index in [9.17, 15) is 4.79 Å². The number of likely N-dealkylation sites (tertiary alicyclic amines) is 1. The topological polar surface area (TPSA) is 62.2 Å². The van der Waals surface area contributed by atoms with Crippen LogP contribution in [0, 0.1) is 6.92 Å². The van der Waals surface area contributed by atoms with E-state index in [2.05, 4.69) is 44.9 Å². The van der Waals surface area contributed by atoms with E-state index >= 15 is 0 Å². The van der Waals surface area contributed by atoms with Crippen LogP contribution in [0.3, 0.4) is 0 Å². The first-order chi connectivity index (χ1) is 11.1. The molecule has 0 radical (unpaired) electrons. The fraction of sp³-hybridized carbons (Fsp3) is 0.412. The molecule has 1 atom stereocenters. The minimum atomic E-state index is -0.167. The molecule has 6 nitrogen and oxygen atoms in total. The van der Waals surface area contributed by atoms with E-state index < -0.39 is 0 Å². The third-order valence-corrected chi connectivity index (χ3v) is 4.10. The van der Waals surface area contributed by atoms with Gasteiger partial charge >= 0.3 is 6.03 Å². The lowest BCUT2D eigenvalue weighted by Crippen LogP contribution is -2.39. The number of carbonyl (C=O) groups excluding carboxylic acids is 1. The minimum absolute atomic E-state index is 0.167. The van der Waals surface area contributed by atoms with Crippen molar-refractivity contribution in [2.24, 2.45) is 7.05 Å². The molecule has 0 saturated carbocycles. The zero-order chi connectivity index (χ0) is 16.2. The summed E-state index contributed by atoms with van der Waals surface area (Å²) in [6.07, 6.45) is 0.977. The molecule has 0 aliphatic carbocycles. The molecule has 1 aliphatic rings. The number of nitrogens with zero attached hydrogens (tertiary/aromatic N) is 3. The van der Waals surface area contributed by atoms with Gasteiger partial charge in [0, 0.05) is 38.8 Å². The number of carbonyl (C=O) groups is 1. The normalized spacial score (nSPS) is 18.1. The quantitative estimate of drug-likeness (QED) is 0.909. The lowest BCUT2D eigenvalue weighted by molar-refractivity contribution is 0.247. The maximum absolute atomic E-state index is 12.1. The Balaban J connectivity index is 1.48. The van der Waals surface area contributed by atoms with Crippen LogP contribution >= 0.6 is 0 Å². The molecule has 2 amide bonds. The Kier molecular flexibility index (Phi) is 4.62. The lowest BCUT2D eigenvalue weighted by atomic mass is 10.2. The molecule has 1 aliphatic heterocycles. The number of amides is 2. The van der Waals surface area contributed by atoms with Crippen LogP contribution in [0.25, 0.3) is 0 Å². The average Bonchev–Trinajstić information content (AvgIpc) is 3.06. The first-order valence-corrected chi connectivity index (χ1v) is 7.94. The van der Waals surface area contributed by atoms with Gasteiger partial charge in [-0.25, -0.2) is 4.79 Å². The van der Waals surface area contributed by atoms with Crippen molar-refractivity contribution in [1.82, 2.24) is 20.0 Å². The highest BCUT2D eigenvalue weighted by Gasteiger charge is 2.24. The fourth-order valence-electron chi connectivity index (χ4n) is 3.00. The van der Waals surface area contributed by atoms with Gasteiger partial charge in [0.2, 0.25) is 0 Å². The zero-order valence-electron chi connectivity index (χ0n) is 13.6. The third kappa shape index (κ3) is 4.10. The Labute approximate surface area is 136 Å². The van der Waals surface area contributed by atoms with Crippen molar-refractivity contribution in [3.8, 4) is 0 Å². The van der Waals surface area contributed by atoms with Crippen LogP contribution in [0.1, 0.15) is 17.7 Å². The summed E-state index contributed by atoms with van der Waals surface area (Å²) in [6.45, 7) is 4.72. The zero-order valence-corrected chi connectivity index (χ0v) is 13.6. The summed E-state index contributed by atoms with van der Waals surface area (Å²) in [7, 11) is 1.82. The van der Waals surface area contributed by atoms with Crippen LogP contribution in [-0.4, -0.2) is 39.8 Å². The van der Waals surface area contributed by atoms with E-state index in [1.165, 1.54) is 5.56 Å². The molecule has 1 aromatic carbocycles. The maximum atomic E-state index is 12.1. The molecule has 1 fully saturated rings. The smallest absolute Gasteiger partial charge is 0.320 e. The van der Waals surface area contributed by atoms with Gasteiger partial charge in [0.15, 0.2) is 0 Å². The number of hydrogen-bond donors (Lipinski definition) is 2. The number of aromatic nitrogens is 2. The van der Waals surface area contributed by atoms with Gasteiger partial charge in [-0.3, -0.25) is 14.9 Å². The SMILES string of the molecule is Cc1cc(NC(=O)N[C@@H]2CCN(Cc3ccccc3)C2)n(C)n1. The Morgan fingerprint density at radius 3 is 2.83 bits per heavy atom. The molecule has 1 saturated heterocycles. The molecule has 122 valence electrons. The van der Waals surface area contributed by atoms with Gasteiger partial charge in [-0.1, -0.05) is 30.3 Å². The summed E-state index contributed by atoms with van der Waals surface area (Å²) in [5.41, 5.74) is 2.20. The molecule has 3 rings (SSSR count). The standard InChI is InChI=1S/C17H23N5O/c1-13-10-16(21(2)20-13)19-17(23)18-15-8-9-22(12-15)11-14-6-4-3-5-7-14/h3-7,10,15H,8-9,11-12H2,1-2H3,(H2,18,19,23)/t15-/m1/s1. The van der Waals surface area contributed by atoms with E-state index in [0.29, 0.717) is 5.82 Å². The van der Waals surface area contributed by atoms with Crippen LogP contribution in [0.5, 0.6) is 0 Å². The molecular weight excluding hydrogens is 290 g/mol. The molecular formula is C17H23N5O. The number of rotatable bonds is 4. The minimum Gasteiger partial charge on any atom is -0.334 e. The predicted molar refractivity (Wildman–Crippen MR) is 90.2 cm³/mol. The van der Waals surface area contributed by atoms with Gasteiger partial charge in [-0.15, -0.1) is 0 Å². The van der Waals surface area contributed by atoms with E-state index in [1.807, 2.05) is 26.1 Å². The van der Waals surface area contributed by atoms with E-state index in [0.717, 1.165) is 31.7 Å². The number of urea groups is 1. The van der Waals surface area contributed by atoms with Crippen LogP contribution in [0.15, 0.2) is 36.4 Å². The molecule has 23 heavy (non-hydrogen) atoms. The van der Waals surface area contributed by atoms with Gasteiger partial charge in [0.05, 0.1) is 5.69 Å². The molecule has 2 heterocycles. The molecule has 0 spiro atoms. The molecule has 6 heteroatoms. The fourth-order valence-corrected chi connectivity index (χ4v) is 3.00. The van der Waals surface area contributed by atoms with Crippen LogP contribution < -0.4 is 10.6 Å². The van der Waals surface area contributed by atoms with Crippen molar-refractivity contribution in [2.75, 3.05) is 18.4 Å². The van der Waals surface area contributed by atoms with Crippen molar-refractivity contribution in [3.63, 3.8) is 0 Å². The first kappa shape index (κ1) is 15.6. The highest BCUT2D eigenvalue weighted by Crippen LogP contribution is 2.14. The largest absolute Gasteiger partial charge is 0.334 e. The predicted octanol–water partition coefficient (Wildman–Crippen LogP) is 2.12. The summed E-state index contributed by atoms with van der Waals surface area (Å²) in [4.78, 5) is 14.5. The Bertz CT molecular complexity index is 667. The third-order valence-electron chi connectivity index (χ3n) is 4.10. The van der Waals surface area contributed by atoms with Gasteiger partial charge < -0.3 is 5.32 Å². The molecule has 1 aromatic heterocycles. The second-order valence-corrected chi connectivity index (χ2v) is 6.10. The van der Waals surface area contributed by atoms with Gasteiger partial charge in [-0.05, 0) is 18.9 Å². The number of aryl methyl sites for hydroxylation is 2. The number of hydrogen-bond acceptors (Lipinski definition) is 3. The van der Waals surface area contributed by atoms with Gasteiger partial charge in [0.1, 0.15) is 5.82 Å². The summed E-state index contributed by atoms with van der Waals surface area (Å²) in [5, 5.41) is 10.1. The van der Waals surface area contributed by atoms with Crippen molar-refractivity contribution in [1.29, 1.82) is 0 Å². The summed E-state index contributed by atoms with van der Waals surface area (Å²) < 4.78 is 1.67. The summed E-state index contributed by atoms with van der Waals surface area (Å²) in [5.74, 6) is 0.708. The second-order valence-electron chi connectivity index (χ2n) is 6.10. The molecule has 0 unspecified atom stereocenters. The molecule has 2 aromatic rings. The van der Waals surface area contributed by atoms with E-state index in [-0.39, 0.29) is 12.1 Å². The number of benzene rings is 1.